The normalized spacial score (nSPS) is 14.6. The molecule has 0 fully saturated rings. The van der Waals surface area contributed by atoms with E-state index in [2.05, 4.69) is 0 Å². The van der Waals surface area contributed by atoms with Crippen LogP contribution in [-0.2, 0) is 33.0 Å². The van der Waals surface area contributed by atoms with Crippen molar-refractivity contribution in [2.24, 2.45) is 0 Å². The van der Waals surface area contributed by atoms with Crippen LogP contribution in [0.15, 0.2) is 82.6 Å². The third kappa shape index (κ3) is 3.78. The average Bonchev–Trinajstić information content (AvgIpc) is 3.22. The summed E-state index contributed by atoms with van der Waals surface area (Å²) < 4.78 is 67.9. The van der Waals surface area contributed by atoms with Gasteiger partial charge in [0.15, 0.2) is 11.5 Å². The zero-order valence-electron chi connectivity index (χ0n) is 19.2. The molecule has 0 spiro atoms. The molecule has 4 aromatic rings. The SMILES string of the molecule is COc1cc2c3c(n(S(=O)(=O)c4ccccc4)c2cc1OC)CCN(S(=O)(=O)c1ccccc1)C3. The second kappa shape index (κ2) is 8.71. The van der Waals surface area contributed by atoms with Crippen molar-refractivity contribution in [1.82, 2.24) is 8.28 Å². The molecule has 2 heterocycles. The summed E-state index contributed by atoms with van der Waals surface area (Å²) in [6.07, 6.45) is 0.229. The number of hydrogen-bond acceptors (Lipinski definition) is 6. The summed E-state index contributed by atoms with van der Waals surface area (Å²) in [7, 11) is -4.74. The molecule has 0 saturated carbocycles. The van der Waals surface area contributed by atoms with Crippen LogP contribution in [0.2, 0.25) is 0 Å². The lowest BCUT2D eigenvalue weighted by Crippen LogP contribution is -2.36. The fraction of sp³-hybridized carbons (Fsp3) is 0.200. The highest BCUT2D eigenvalue weighted by molar-refractivity contribution is 7.90. The Bertz CT molecular complexity index is 1610. The molecule has 0 radical (unpaired) electrons. The molecule has 10 heteroatoms. The van der Waals surface area contributed by atoms with Crippen molar-refractivity contribution in [3.8, 4) is 11.5 Å². The van der Waals surface area contributed by atoms with Crippen LogP contribution in [0.4, 0.5) is 0 Å². The van der Waals surface area contributed by atoms with Crippen LogP contribution in [0, 0.1) is 0 Å². The van der Waals surface area contributed by atoms with E-state index < -0.39 is 20.0 Å². The van der Waals surface area contributed by atoms with E-state index in [4.69, 9.17) is 9.47 Å². The predicted octanol–water partition coefficient (Wildman–Crippen LogP) is 3.64. The van der Waals surface area contributed by atoms with E-state index in [1.54, 1.807) is 72.8 Å². The maximum absolute atomic E-state index is 13.8. The number of hydrogen-bond donors (Lipinski definition) is 0. The van der Waals surface area contributed by atoms with E-state index in [1.165, 1.54) is 22.5 Å². The summed E-state index contributed by atoms with van der Waals surface area (Å²) in [6.45, 7) is 0.189. The molecule has 0 saturated heterocycles. The maximum Gasteiger partial charge on any atom is 0.268 e. The van der Waals surface area contributed by atoms with Crippen LogP contribution >= 0.6 is 0 Å². The van der Waals surface area contributed by atoms with Crippen LogP contribution in [-0.4, -0.2) is 45.9 Å². The third-order valence-corrected chi connectivity index (χ3v) is 9.86. The molecule has 0 bridgehead atoms. The van der Waals surface area contributed by atoms with E-state index in [-0.39, 0.29) is 29.3 Å². The van der Waals surface area contributed by atoms with Crippen molar-refractivity contribution in [1.29, 1.82) is 0 Å². The maximum atomic E-state index is 13.8. The predicted molar refractivity (Wildman–Crippen MR) is 132 cm³/mol. The van der Waals surface area contributed by atoms with Gasteiger partial charge in [-0.05, 0) is 35.9 Å². The van der Waals surface area contributed by atoms with E-state index in [1.807, 2.05) is 0 Å². The molecule has 0 atom stereocenters. The van der Waals surface area contributed by atoms with Gasteiger partial charge in [0, 0.05) is 36.7 Å². The Kier molecular flexibility index (Phi) is 5.82. The molecule has 8 nitrogen and oxygen atoms in total. The van der Waals surface area contributed by atoms with Crippen LogP contribution in [0.25, 0.3) is 10.9 Å². The van der Waals surface area contributed by atoms with Crippen molar-refractivity contribution < 1.29 is 26.3 Å². The van der Waals surface area contributed by atoms with Crippen LogP contribution in [0.1, 0.15) is 11.3 Å². The smallest absolute Gasteiger partial charge is 0.268 e. The van der Waals surface area contributed by atoms with Gasteiger partial charge < -0.3 is 9.47 Å². The van der Waals surface area contributed by atoms with Gasteiger partial charge in [0.25, 0.3) is 10.0 Å². The molecular formula is C25H24N2O6S2. The molecule has 182 valence electrons. The highest BCUT2D eigenvalue weighted by atomic mass is 32.2. The first-order valence-electron chi connectivity index (χ1n) is 10.9. The summed E-state index contributed by atoms with van der Waals surface area (Å²) in [5, 5.41) is 0.602. The number of fused-ring (bicyclic) bond motifs is 3. The number of nitrogens with zero attached hydrogens (tertiary/aromatic N) is 2. The molecule has 1 aliphatic rings. The van der Waals surface area contributed by atoms with Crippen molar-refractivity contribution in [2.75, 3.05) is 20.8 Å². The van der Waals surface area contributed by atoms with Crippen LogP contribution in [0.3, 0.4) is 0 Å². The van der Waals surface area contributed by atoms with Crippen molar-refractivity contribution in [3.05, 3.63) is 84.1 Å². The quantitative estimate of drug-likeness (QED) is 0.392. The third-order valence-electron chi connectivity index (χ3n) is 6.23. The fourth-order valence-electron chi connectivity index (χ4n) is 4.54. The lowest BCUT2D eigenvalue weighted by molar-refractivity contribution is 0.355. The Morgan fingerprint density at radius 1 is 0.743 bits per heavy atom. The zero-order chi connectivity index (χ0) is 24.8. The monoisotopic (exact) mass is 512 g/mol. The summed E-state index contributed by atoms with van der Waals surface area (Å²) >= 11 is 0. The Balaban J connectivity index is 1.74. The second-order valence-electron chi connectivity index (χ2n) is 8.13. The van der Waals surface area contributed by atoms with Crippen molar-refractivity contribution in [2.45, 2.75) is 22.8 Å². The minimum absolute atomic E-state index is 0.0376. The van der Waals surface area contributed by atoms with Gasteiger partial charge in [0.1, 0.15) is 0 Å². The molecule has 35 heavy (non-hydrogen) atoms. The zero-order valence-corrected chi connectivity index (χ0v) is 20.8. The van der Waals surface area contributed by atoms with Gasteiger partial charge in [-0.15, -0.1) is 0 Å². The Hall–Kier alpha value is -3.34. The highest BCUT2D eigenvalue weighted by Gasteiger charge is 2.35. The first-order chi connectivity index (χ1) is 16.8. The summed E-state index contributed by atoms with van der Waals surface area (Å²) in [5.74, 6) is 0.813. The first-order valence-corrected chi connectivity index (χ1v) is 13.8. The molecule has 1 aliphatic heterocycles. The Labute approximate surface area is 204 Å². The summed E-state index contributed by atoms with van der Waals surface area (Å²) in [6, 6.07) is 19.8. The highest BCUT2D eigenvalue weighted by Crippen LogP contribution is 2.40. The number of aromatic nitrogens is 1. The van der Waals surface area contributed by atoms with Gasteiger partial charge >= 0.3 is 0 Å². The Morgan fingerprint density at radius 3 is 1.86 bits per heavy atom. The molecule has 0 amide bonds. The summed E-state index contributed by atoms with van der Waals surface area (Å²) in [4.78, 5) is 0.345. The summed E-state index contributed by atoms with van der Waals surface area (Å²) in [5.41, 5.74) is 1.60. The van der Waals surface area contributed by atoms with Gasteiger partial charge in [-0.1, -0.05) is 36.4 Å². The number of ether oxygens (including phenoxy) is 2. The van der Waals surface area contributed by atoms with Gasteiger partial charge in [-0.25, -0.2) is 20.8 Å². The molecule has 0 N–H and O–H groups in total. The van der Waals surface area contributed by atoms with Gasteiger partial charge in [0.05, 0.1) is 29.5 Å². The molecule has 0 unspecified atom stereocenters. The standard InChI is InChI=1S/C25H24N2O6S2/c1-32-24-15-20-21-17-26(34(28,29)18-9-5-3-6-10-18)14-13-22(21)27(23(20)16-25(24)33-2)35(30,31)19-11-7-4-8-12-19/h3-12,15-16H,13-14,17H2,1-2H3. The minimum Gasteiger partial charge on any atom is -0.493 e. The fourth-order valence-corrected chi connectivity index (χ4v) is 7.58. The minimum atomic E-state index is -3.96. The molecule has 0 aliphatic carbocycles. The van der Waals surface area contributed by atoms with E-state index in [9.17, 15) is 16.8 Å². The largest absolute Gasteiger partial charge is 0.493 e. The number of sulfonamides is 1. The number of rotatable bonds is 6. The number of methoxy groups -OCH3 is 2. The Morgan fingerprint density at radius 2 is 1.29 bits per heavy atom. The lowest BCUT2D eigenvalue weighted by Gasteiger charge is -2.27. The van der Waals surface area contributed by atoms with Gasteiger partial charge in [0.2, 0.25) is 10.0 Å². The molecule has 3 aromatic carbocycles. The van der Waals surface area contributed by atoms with E-state index in [0.29, 0.717) is 33.7 Å². The van der Waals surface area contributed by atoms with Crippen LogP contribution < -0.4 is 9.47 Å². The number of benzene rings is 3. The van der Waals surface area contributed by atoms with Crippen LogP contribution in [0.5, 0.6) is 11.5 Å². The molecule has 1 aromatic heterocycles. The van der Waals surface area contributed by atoms with Crippen molar-refractivity contribution in [3.63, 3.8) is 0 Å². The van der Waals surface area contributed by atoms with Gasteiger partial charge in [-0.2, -0.15) is 4.31 Å². The topological polar surface area (TPSA) is 94.9 Å². The van der Waals surface area contributed by atoms with E-state index >= 15 is 0 Å². The van der Waals surface area contributed by atoms with Gasteiger partial charge in [-0.3, -0.25) is 0 Å². The van der Waals surface area contributed by atoms with Crippen molar-refractivity contribution >= 4 is 30.9 Å². The first kappa shape index (κ1) is 23.4. The lowest BCUT2D eigenvalue weighted by atomic mass is 10.1. The molecular weight excluding hydrogens is 488 g/mol. The van der Waals surface area contributed by atoms with E-state index in [0.717, 1.165) is 0 Å². The molecule has 5 rings (SSSR count). The average molecular weight is 513 g/mol. The second-order valence-corrected chi connectivity index (χ2v) is 11.9.